The molecular formula is C21H24FN5O. The maximum Gasteiger partial charge on any atom is 0.228 e. The number of pyridine rings is 1. The summed E-state index contributed by atoms with van der Waals surface area (Å²) in [6.45, 7) is 3.53. The Balaban J connectivity index is 1.43. The topological polar surface area (TPSA) is 73.9 Å². The monoisotopic (exact) mass is 381 g/mol. The summed E-state index contributed by atoms with van der Waals surface area (Å²) in [4.78, 5) is 19.1. The minimum absolute atomic E-state index is 0.00853. The summed E-state index contributed by atoms with van der Waals surface area (Å²) in [5.74, 6) is 0.494. The van der Waals surface area contributed by atoms with E-state index < -0.39 is 6.17 Å². The van der Waals surface area contributed by atoms with Gasteiger partial charge in [0.1, 0.15) is 12.0 Å². The first kappa shape index (κ1) is 18.6. The van der Waals surface area contributed by atoms with Crippen molar-refractivity contribution in [2.75, 3.05) is 25.0 Å². The minimum Gasteiger partial charge on any atom is -0.310 e. The zero-order chi connectivity index (χ0) is 19.5. The standard InChI is InChI=1S/C21H24FN5O/c1-14(22)13-27-6-4-15(5-7-27)21(28)26-20-9-18-8-16(19-11-24-25-12-19)2-3-17(18)10-23-20/h2-3,8-12,14-15H,4-7,13H2,1H3,(H,24,25)(H,23,26,28)/t14-/m0/s1. The number of piperidine rings is 1. The van der Waals surface area contributed by atoms with Crippen molar-refractivity contribution in [1.29, 1.82) is 0 Å². The number of nitrogens with zero attached hydrogens (tertiary/aromatic N) is 3. The van der Waals surface area contributed by atoms with Crippen LogP contribution in [-0.2, 0) is 4.79 Å². The van der Waals surface area contributed by atoms with Crippen molar-refractivity contribution >= 4 is 22.5 Å². The second-order valence-corrected chi connectivity index (χ2v) is 7.46. The maximum atomic E-state index is 13.1. The quantitative estimate of drug-likeness (QED) is 0.708. The van der Waals surface area contributed by atoms with Gasteiger partial charge in [-0.05, 0) is 55.9 Å². The SMILES string of the molecule is C[C@H](F)CN1CCC(C(=O)Nc2cc3cc(-c4cn[nH]c4)ccc3cn2)CC1. The zero-order valence-electron chi connectivity index (χ0n) is 15.9. The summed E-state index contributed by atoms with van der Waals surface area (Å²) in [5, 5.41) is 11.8. The number of aromatic nitrogens is 3. The Hall–Kier alpha value is -2.80. The largest absolute Gasteiger partial charge is 0.310 e. The van der Waals surface area contributed by atoms with Gasteiger partial charge in [-0.25, -0.2) is 9.37 Å². The van der Waals surface area contributed by atoms with E-state index in [1.807, 2.05) is 24.4 Å². The van der Waals surface area contributed by atoms with Gasteiger partial charge in [-0.1, -0.05) is 12.1 Å². The third-order valence-corrected chi connectivity index (χ3v) is 5.27. The van der Waals surface area contributed by atoms with Crippen molar-refractivity contribution in [3.8, 4) is 11.1 Å². The van der Waals surface area contributed by atoms with E-state index in [1.54, 1.807) is 19.3 Å². The molecule has 0 radical (unpaired) electrons. The molecule has 3 heterocycles. The number of likely N-dealkylation sites (tertiary alicyclic amines) is 1. The van der Waals surface area contributed by atoms with Crippen molar-refractivity contribution in [2.24, 2.45) is 5.92 Å². The number of fused-ring (bicyclic) bond motifs is 1. The summed E-state index contributed by atoms with van der Waals surface area (Å²) >= 11 is 0. The number of halogens is 1. The Kier molecular flexibility index (Phi) is 5.34. The molecule has 2 N–H and O–H groups in total. The third kappa shape index (κ3) is 4.20. The number of H-pyrrole nitrogens is 1. The molecule has 6 nitrogen and oxygen atoms in total. The summed E-state index contributed by atoms with van der Waals surface area (Å²) in [7, 11) is 0. The fourth-order valence-corrected chi connectivity index (χ4v) is 3.76. The second kappa shape index (κ2) is 8.06. The second-order valence-electron chi connectivity index (χ2n) is 7.46. The van der Waals surface area contributed by atoms with E-state index in [0.29, 0.717) is 12.4 Å². The summed E-state index contributed by atoms with van der Waals surface area (Å²) in [6, 6.07) is 8.00. The van der Waals surface area contributed by atoms with Gasteiger partial charge >= 0.3 is 0 Å². The van der Waals surface area contributed by atoms with E-state index in [9.17, 15) is 9.18 Å². The number of rotatable bonds is 5. The number of benzene rings is 1. The lowest BCUT2D eigenvalue weighted by Gasteiger charge is -2.31. The fraction of sp³-hybridized carbons (Fsp3) is 0.381. The Morgan fingerprint density at radius 3 is 2.79 bits per heavy atom. The average molecular weight is 381 g/mol. The van der Waals surface area contributed by atoms with E-state index in [2.05, 4.69) is 31.5 Å². The number of aromatic amines is 1. The van der Waals surface area contributed by atoms with Gasteiger partial charge in [0.2, 0.25) is 5.91 Å². The zero-order valence-corrected chi connectivity index (χ0v) is 15.9. The Morgan fingerprint density at radius 2 is 2.07 bits per heavy atom. The van der Waals surface area contributed by atoms with Crippen LogP contribution in [0.5, 0.6) is 0 Å². The first-order chi connectivity index (χ1) is 13.6. The molecule has 1 aliphatic rings. The van der Waals surface area contributed by atoms with Crippen LogP contribution in [0.1, 0.15) is 19.8 Å². The van der Waals surface area contributed by atoms with Crippen LogP contribution in [0, 0.1) is 5.92 Å². The van der Waals surface area contributed by atoms with E-state index in [4.69, 9.17) is 0 Å². The minimum atomic E-state index is -0.834. The molecule has 0 bridgehead atoms. The molecule has 2 aromatic heterocycles. The molecule has 1 aromatic carbocycles. The highest BCUT2D eigenvalue weighted by atomic mass is 19.1. The molecule has 146 valence electrons. The molecule has 3 aromatic rings. The van der Waals surface area contributed by atoms with E-state index >= 15 is 0 Å². The number of alkyl halides is 1. The number of carbonyl (C=O) groups is 1. The molecule has 7 heteroatoms. The van der Waals surface area contributed by atoms with Gasteiger partial charge in [-0.15, -0.1) is 0 Å². The molecule has 28 heavy (non-hydrogen) atoms. The molecule has 0 saturated carbocycles. The van der Waals surface area contributed by atoms with Crippen molar-refractivity contribution < 1.29 is 9.18 Å². The Labute approximate surface area is 163 Å². The van der Waals surface area contributed by atoms with Crippen molar-refractivity contribution in [1.82, 2.24) is 20.1 Å². The molecule has 1 atom stereocenters. The molecule has 1 amide bonds. The Morgan fingerprint density at radius 1 is 1.25 bits per heavy atom. The highest BCUT2D eigenvalue weighted by molar-refractivity contribution is 5.95. The van der Waals surface area contributed by atoms with Crippen molar-refractivity contribution in [3.63, 3.8) is 0 Å². The lowest BCUT2D eigenvalue weighted by Crippen LogP contribution is -2.40. The average Bonchev–Trinajstić information content (AvgIpc) is 3.22. The summed E-state index contributed by atoms with van der Waals surface area (Å²) < 4.78 is 13.1. The van der Waals surface area contributed by atoms with Gasteiger partial charge in [-0.2, -0.15) is 5.10 Å². The van der Waals surface area contributed by atoms with Crippen LogP contribution in [0.25, 0.3) is 21.9 Å². The van der Waals surface area contributed by atoms with Crippen LogP contribution in [0.4, 0.5) is 10.2 Å². The lowest BCUT2D eigenvalue weighted by molar-refractivity contribution is -0.121. The predicted octanol–water partition coefficient (Wildman–Crippen LogP) is 3.63. The summed E-state index contributed by atoms with van der Waals surface area (Å²) in [5.41, 5.74) is 2.07. The van der Waals surface area contributed by atoms with Crippen molar-refractivity contribution in [3.05, 3.63) is 42.9 Å². The number of nitrogens with one attached hydrogen (secondary N) is 2. The smallest absolute Gasteiger partial charge is 0.228 e. The van der Waals surface area contributed by atoms with E-state index in [1.165, 1.54) is 0 Å². The molecule has 4 rings (SSSR count). The van der Waals surface area contributed by atoms with Crippen LogP contribution < -0.4 is 5.32 Å². The van der Waals surface area contributed by atoms with Gasteiger partial charge in [-0.3, -0.25) is 9.89 Å². The fourth-order valence-electron chi connectivity index (χ4n) is 3.76. The van der Waals surface area contributed by atoms with Crippen LogP contribution in [0.2, 0.25) is 0 Å². The van der Waals surface area contributed by atoms with Crippen LogP contribution >= 0.6 is 0 Å². The highest BCUT2D eigenvalue weighted by Gasteiger charge is 2.25. The Bertz CT molecular complexity index is 949. The number of amides is 1. The van der Waals surface area contributed by atoms with Crippen molar-refractivity contribution in [2.45, 2.75) is 25.9 Å². The molecule has 0 spiro atoms. The normalized spacial score (nSPS) is 16.9. The first-order valence-electron chi connectivity index (χ1n) is 9.65. The molecule has 1 aliphatic heterocycles. The van der Waals surface area contributed by atoms with E-state index in [0.717, 1.165) is 47.8 Å². The number of carbonyl (C=O) groups excluding carboxylic acids is 1. The number of hydrogen-bond donors (Lipinski definition) is 2. The van der Waals surface area contributed by atoms with E-state index in [-0.39, 0.29) is 11.8 Å². The lowest BCUT2D eigenvalue weighted by atomic mass is 9.95. The van der Waals surface area contributed by atoms with Crippen LogP contribution in [-0.4, -0.2) is 51.8 Å². The van der Waals surface area contributed by atoms with Crippen LogP contribution in [0.15, 0.2) is 42.9 Å². The first-order valence-corrected chi connectivity index (χ1v) is 9.65. The molecular weight excluding hydrogens is 357 g/mol. The van der Waals surface area contributed by atoms with Gasteiger partial charge in [0.25, 0.3) is 0 Å². The summed E-state index contributed by atoms with van der Waals surface area (Å²) in [6.07, 6.45) is 6.06. The number of hydrogen-bond acceptors (Lipinski definition) is 4. The van der Waals surface area contributed by atoms with Gasteiger partial charge in [0.05, 0.1) is 6.20 Å². The van der Waals surface area contributed by atoms with Gasteiger partial charge < -0.3 is 10.2 Å². The predicted molar refractivity (Wildman–Crippen MR) is 108 cm³/mol. The van der Waals surface area contributed by atoms with Gasteiger partial charge in [0, 0.05) is 35.8 Å². The molecule has 0 aliphatic carbocycles. The highest BCUT2D eigenvalue weighted by Crippen LogP contribution is 2.25. The van der Waals surface area contributed by atoms with Crippen LogP contribution in [0.3, 0.4) is 0 Å². The molecule has 1 saturated heterocycles. The molecule has 0 unspecified atom stereocenters. The maximum absolute atomic E-state index is 13.1. The molecule has 1 fully saturated rings. The third-order valence-electron chi connectivity index (χ3n) is 5.27. The number of anilines is 1. The van der Waals surface area contributed by atoms with Gasteiger partial charge in [0.15, 0.2) is 0 Å².